The number of nitrogens with one attached hydrogen (secondary N) is 2. The third-order valence-corrected chi connectivity index (χ3v) is 8.26. The summed E-state index contributed by atoms with van der Waals surface area (Å²) in [7, 11) is 3.80. The number of carboxylic acid groups (broad SMARTS) is 1. The number of rotatable bonds is 16. The van der Waals surface area contributed by atoms with Gasteiger partial charge in [0, 0.05) is 37.8 Å². The fourth-order valence-electron chi connectivity index (χ4n) is 5.50. The average molecular weight is 601 g/mol. The number of amides is 2. The first-order valence-electron chi connectivity index (χ1n) is 15.3. The molecule has 5 atom stereocenters. The number of ketones is 1. The highest BCUT2D eigenvalue weighted by Crippen LogP contribution is 2.45. The van der Waals surface area contributed by atoms with Crippen LogP contribution in [0.5, 0.6) is 0 Å². The van der Waals surface area contributed by atoms with E-state index in [1.807, 2.05) is 43.3 Å². The van der Waals surface area contributed by atoms with Crippen LogP contribution in [-0.2, 0) is 14.3 Å². The summed E-state index contributed by atoms with van der Waals surface area (Å²) in [5.41, 5.74) is 0.0288. The minimum absolute atomic E-state index is 0.230. The Morgan fingerprint density at radius 2 is 1.86 bits per heavy atom. The zero-order valence-electron chi connectivity index (χ0n) is 26.0. The van der Waals surface area contributed by atoms with Crippen molar-refractivity contribution in [1.82, 2.24) is 15.5 Å². The molecular formula is C32H48N4O7. The number of aliphatic carboxylic acids is 1. The molecule has 43 heavy (non-hydrogen) atoms. The van der Waals surface area contributed by atoms with Gasteiger partial charge in [-0.15, -0.1) is 0 Å². The molecule has 1 saturated heterocycles. The first-order chi connectivity index (χ1) is 20.4. The third kappa shape index (κ3) is 8.79. The molecule has 1 heterocycles. The fourth-order valence-corrected chi connectivity index (χ4v) is 5.50. The summed E-state index contributed by atoms with van der Waals surface area (Å²) in [4.78, 5) is 54.5. The zero-order valence-corrected chi connectivity index (χ0v) is 26.0. The van der Waals surface area contributed by atoms with Crippen LogP contribution in [0.15, 0.2) is 36.4 Å². The highest BCUT2D eigenvalue weighted by atomic mass is 16.6. The van der Waals surface area contributed by atoms with Crippen molar-refractivity contribution in [2.75, 3.05) is 32.1 Å². The number of ether oxygens (including phenoxy) is 1. The maximum absolute atomic E-state index is 13.2. The molecule has 1 aromatic carbocycles. The molecule has 2 unspecified atom stereocenters. The van der Waals surface area contributed by atoms with E-state index in [9.17, 15) is 29.4 Å². The molecule has 0 radical (unpaired) electrons. The molecule has 0 bridgehead atoms. The van der Waals surface area contributed by atoms with Crippen molar-refractivity contribution < 1.29 is 34.1 Å². The van der Waals surface area contributed by atoms with E-state index in [4.69, 9.17) is 4.74 Å². The number of carboxylic acids is 1. The number of unbranched alkanes of at least 4 members (excludes halogenated alkanes) is 3. The standard InChI is InChI=1S/C32H48N4O7/c1-6-7-8-9-10-12-23-19-32(23,30(40)41)34-29(39)25-13-11-18-36(25)26(37)20-33-31(42)43-28(21(2)3)27(38)22-14-16-24(17-15-22)35(4)5/h10,12,14-17,21,23,25-26,28,37H,6-9,11,13,18-20H2,1-5H3,(H,33,42)(H,34,39)(H,40,41)/b12-10-/t23?,25-,26?,28-,32+/m0/s1. The Balaban J connectivity index is 1.53. The van der Waals surface area contributed by atoms with E-state index in [0.717, 1.165) is 31.4 Å². The summed E-state index contributed by atoms with van der Waals surface area (Å²) in [5, 5.41) is 26.0. The van der Waals surface area contributed by atoms with Crippen LogP contribution in [0.25, 0.3) is 0 Å². The van der Waals surface area contributed by atoms with Gasteiger partial charge in [0.05, 0.1) is 12.6 Å². The van der Waals surface area contributed by atoms with Crippen LogP contribution in [0, 0.1) is 11.8 Å². The lowest BCUT2D eigenvalue weighted by Crippen LogP contribution is -2.55. The molecule has 11 nitrogen and oxygen atoms in total. The van der Waals surface area contributed by atoms with Crippen molar-refractivity contribution in [2.45, 2.75) is 89.6 Å². The second-order valence-electron chi connectivity index (χ2n) is 12.1. The Labute approximate surface area is 254 Å². The maximum atomic E-state index is 13.2. The molecule has 11 heteroatoms. The molecule has 1 saturated carbocycles. The summed E-state index contributed by atoms with van der Waals surface area (Å²) < 4.78 is 5.47. The SMILES string of the molecule is CCCCC/C=C\C1C[C@]1(NC(=O)[C@@H]1CCCN1C(O)CNC(=O)O[C@H](C(=O)c1ccc(N(C)C)cc1)C(C)C)C(=O)O. The molecule has 1 aliphatic heterocycles. The Hall–Kier alpha value is -3.44. The normalized spacial score (nSPS) is 23.1. The monoisotopic (exact) mass is 600 g/mol. The van der Waals surface area contributed by atoms with Crippen LogP contribution in [0.4, 0.5) is 10.5 Å². The zero-order chi connectivity index (χ0) is 31.7. The number of nitrogens with zero attached hydrogens (tertiary/aromatic N) is 2. The number of aliphatic hydroxyl groups is 1. The largest absolute Gasteiger partial charge is 0.479 e. The molecule has 4 N–H and O–H groups in total. The van der Waals surface area contributed by atoms with Gasteiger partial charge in [0.15, 0.2) is 6.10 Å². The van der Waals surface area contributed by atoms with Gasteiger partial charge in [0.2, 0.25) is 11.7 Å². The Kier molecular flexibility index (Phi) is 12.1. The lowest BCUT2D eigenvalue weighted by Gasteiger charge is -2.30. The van der Waals surface area contributed by atoms with E-state index in [0.29, 0.717) is 31.4 Å². The van der Waals surface area contributed by atoms with E-state index in [1.165, 1.54) is 0 Å². The molecule has 1 aliphatic carbocycles. The highest BCUT2D eigenvalue weighted by molar-refractivity contribution is 6.00. The van der Waals surface area contributed by atoms with Crippen LogP contribution in [0.3, 0.4) is 0 Å². The average Bonchev–Trinajstić information content (AvgIpc) is 3.43. The van der Waals surface area contributed by atoms with Gasteiger partial charge in [-0.25, -0.2) is 9.59 Å². The quantitative estimate of drug-likeness (QED) is 0.127. The molecule has 2 fully saturated rings. The summed E-state index contributed by atoms with van der Waals surface area (Å²) in [5.74, 6) is -2.40. The molecular weight excluding hydrogens is 552 g/mol. The van der Waals surface area contributed by atoms with Crippen molar-refractivity contribution in [2.24, 2.45) is 11.8 Å². The molecule has 1 aromatic rings. The highest BCUT2D eigenvalue weighted by Gasteiger charge is 2.61. The lowest BCUT2D eigenvalue weighted by molar-refractivity contribution is -0.145. The number of hydrogen-bond acceptors (Lipinski definition) is 8. The number of hydrogen-bond donors (Lipinski definition) is 4. The minimum Gasteiger partial charge on any atom is -0.479 e. The van der Waals surface area contributed by atoms with E-state index in [2.05, 4.69) is 17.6 Å². The van der Waals surface area contributed by atoms with E-state index in [1.54, 1.807) is 30.9 Å². The predicted octanol–water partition coefficient (Wildman–Crippen LogP) is 3.56. The Morgan fingerprint density at radius 1 is 1.16 bits per heavy atom. The topological polar surface area (TPSA) is 149 Å². The van der Waals surface area contributed by atoms with Gasteiger partial charge in [-0.2, -0.15) is 0 Å². The third-order valence-electron chi connectivity index (χ3n) is 8.26. The molecule has 2 amide bonds. The van der Waals surface area contributed by atoms with Crippen molar-refractivity contribution in [3.8, 4) is 0 Å². The second-order valence-corrected chi connectivity index (χ2v) is 12.1. The number of Topliss-reactive ketones (excluding diaryl/α,β-unsaturated/α-hetero) is 1. The molecule has 3 rings (SSSR count). The molecule has 238 valence electrons. The number of anilines is 1. The van der Waals surface area contributed by atoms with Crippen LogP contribution < -0.4 is 15.5 Å². The van der Waals surface area contributed by atoms with E-state index < -0.39 is 41.9 Å². The number of carbonyl (C=O) groups excluding carboxylic acids is 3. The minimum atomic E-state index is -1.33. The van der Waals surface area contributed by atoms with Crippen molar-refractivity contribution >= 4 is 29.4 Å². The lowest BCUT2D eigenvalue weighted by atomic mass is 9.97. The Bertz CT molecular complexity index is 1150. The maximum Gasteiger partial charge on any atom is 0.408 e. The number of carbonyl (C=O) groups is 4. The number of likely N-dealkylation sites (tertiary alicyclic amines) is 1. The van der Waals surface area contributed by atoms with Gasteiger partial charge < -0.3 is 30.5 Å². The summed E-state index contributed by atoms with van der Waals surface area (Å²) >= 11 is 0. The van der Waals surface area contributed by atoms with Gasteiger partial charge in [-0.3, -0.25) is 14.5 Å². The molecule has 2 aliphatic rings. The van der Waals surface area contributed by atoms with Gasteiger partial charge in [0.25, 0.3) is 0 Å². The molecule has 0 spiro atoms. The number of aliphatic hydroxyl groups excluding tert-OH is 1. The van der Waals surface area contributed by atoms with Gasteiger partial charge in [-0.1, -0.05) is 45.8 Å². The van der Waals surface area contributed by atoms with Crippen LogP contribution in [0.1, 0.15) is 76.1 Å². The van der Waals surface area contributed by atoms with Crippen molar-refractivity contribution in [1.29, 1.82) is 0 Å². The van der Waals surface area contributed by atoms with Crippen molar-refractivity contribution in [3.63, 3.8) is 0 Å². The van der Waals surface area contributed by atoms with Gasteiger partial charge in [-0.05, 0) is 62.3 Å². The summed E-state index contributed by atoms with van der Waals surface area (Å²) in [6.07, 6.45) is 6.36. The summed E-state index contributed by atoms with van der Waals surface area (Å²) in [6.45, 7) is 5.86. The smallest absolute Gasteiger partial charge is 0.408 e. The van der Waals surface area contributed by atoms with E-state index in [-0.39, 0.29) is 24.2 Å². The predicted molar refractivity (Wildman–Crippen MR) is 164 cm³/mol. The van der Waals surface area contributed by atoms with Crippen LogP contribution in [0.2, 0.25) is 0 Å². The number of alkyl carbamates (subject to hydrolysis) is 1. The second kappa shape index (κ2) is 15.3. The van der Waals surface area contributed by atoms with E-state index >= 15 is 0 Å². The number of benzene rings is 1. The molecule has 0 aromatic heterocycles. The first-order valence-corrected chi connectivity index (χ1v) is 15.3. The fraction of sp³-hybridized carbons (Fsp3) is 0.625. The number of allylic oxidation sites excluding steroid dienone is 1. The van der Waals surface area contributed by atoms with Crippen LogP contribution in [-0.4, -0.2) is 90.0 Å². The van der Waals surface area contributed by atoms with Crippen LogP contribution >= 0.6 is 0 Å². The first kappa shape index (κ1) is 34.1. The van der Waals surface area contributed by atoms with Crippen molar-refractivity contribution in [3.05, 3.63) is 42.0 Å². The van der Waals surface area contributed by atoms with Gasteiger partial charge >= 0.3 is 12.1 Å². The van der Waals surface area contributed by atoms with Gasteiger partial charge in [0.1, 0.15) is 11.8 Å². The summed E-state index contributed by atoms with van der Waals surface area (Å²) in [6, 6.07) is 6.29. The Morgan fingerprint density at radius 3 is 2.47 bits per heavy atom.